The monoisotopic (exact) mass is 533 g/mol. The third kappa shape index (κ3) is 5.02. The number of fused-ring (bicyclic) bond motifs is 2. The second-order valence-electron chi connectivity index (χ2n) is 9.69. The summed E-state index contributed by atoms with van der Waals surface area (Å²) in [6.07, 6.45) is 0.691. The van der Waals surface area contributed by atoms with Crippen molar-refractivity contribution >= 4 is 40.1 Å². The standard InChI is InChI=1S/C28H28ClN5O4/c1-4-28(2,3)30-27(36)26(19-9-5-6-10-20(19)29)34(18-13-14-23-24(15-18)38-17-37-23)25(35)16-33-22-12-8-7-11-21(22)31-32-33/h5-15,26H,4,16-17H2,1-3H3,(H,30,36). The molecule has 1 atom stereocenters. The molecule has 1 aliphatic heterocycles. The van der Waals surface area contributed by atoms with Gasteiger partial charge in [-0.05, 0) is 50.6 Å². The maximum Gasteiger partial charge on any atom is 0.249 e. The molecule has 4 aromatic rings. The van der Waals surface area contributed by atoms with E-state index in [0.717, 1.165) is 0 Å². The number of nitrogens with zero attached hydrogens (tertiary/aromatic N) is 4. The second kappa shape index (κ2) is 10.3. The number of halogens is 1. The molecule has 0 saturated carbocycles. The number of benzene rings is 3. The Labute approximate surface area is 225 Å². The third-order valence-electron chi connectivity index (χ3n) is 6.66. The SMILES string of the molecule is CCC(C)(C)NC(=O)C(c1ccccc1Cl)N(C(=O)Cn1nnc2ccccc21)c1ccc2c(c1)OCO2. The van der Waals surface area contributed by atoms with E-state index < -0.39 is 11.6 Å². The molecule has 1 aliphatic rings. The molecule has 3 aromatic carbocycles. The van der Waals surface area contributed by atoms with Gasteiger partial charge in [0.25, 0.3) is 0 Å². The summed E-state index contributed by atoms with van der Waals surface area (Å²) in [5.41, 5.74) is 1.81. The number of carbonyl (C=O) groups excluding carboxylic acids is 2. The Hall–Kier alpha value is -4.11. The van der Waals surface area contributed by atoms with Crippen LogP contribution in [-0.4, -0.2) is 39.1 Å². The lowest BCUT2D eigenvalue weighted by molar-refractivity contribution is -0.128. The molecule has 1 aromatic heterocycles. The zero-order valence-electron chi connectivity index (χ0n) is 21.3. The maximum atomic E-state index is 14.2. The molecule has 10 heteroatoms. The third-order valence-corrected chi connectivity index (χ3v) is 7.00. The van der Waals surface area contributed by atoms with Crippen LogP contribution in [0.15, 0.2) is 66.7 Å². The van der Waals surface area contributed by atoms with Gasteiger partial charge < -0.3 is 14.8 Å². The van der Waals surface area contributed by atoms with E-state index in [1.54, 1.807) is 42.5 Å². The van der Waals surface area contributed by atoms with E-state index >= 15 is 0 Å². The number of hydrogen-bond acceptors (Lipinski definition) is 6. The number of ether oxygens (including phenoxy) is 2. The van der Waals surface area contributed by atoms with Gasteiger partial charge in [-0.1, -0.05) is 54.1 Å². The second-order valence-corrected chi connectivity index (χ2v) is 10.1. The number of nitrogens with one attached hydrogen (secondary N) is 1. The number of anilines is 1. The van der Waals surface area contributed by atoms with Crippen LogP contribution in [0.25, 0.3) is 11.0 Å². The highest BCUT2D eigenvalue weighted by Gasteiger charge is 2.37. The van der Waals surface area contributed by atoms with Crippen LogP contribution in [0.1, 0.15) is 38.8 Å². The largest absolute Gasteiger partial charge is 0.454 e. The van der Waals surface area contributed by atoms with Crippen LogP contribution in [0.5, 0.6) is 11.5 Å². The Morgan fingerprint density at radius 2 is 1.82 bits per heavy atom. The Balaban J connectivity index is 1.63. The van der Waals surface area contributed by atoms with Crippen LogP contribution in [0.4, 0.5) is 5.69 Å². The molecular formula is C28H28ClN5O4. The van der Waals surface area contributed by atoms with Gasteiger partial charge in [0, 0.05) is 27.9 Å². The molecule has 1 unspecified atom stereocenters. The van der Waals surface area contributed by atoms with Crippen molar-refractivity contribution in [1.29, 1.82) is 0 Å². The van der Waals surface area contributed by atoms with Gasteiger partial charge >= 0.3 is 0 Å². The fourth-order valence-corrected chi connectivity index (χ4v) is 4.53. The molecule has 2 amide bonds. The minimum absolute atomic E-state index is 0.0802. The van der Waals surface area contributed by atoms with Gasteiger partial charge in [-0.15, -0.1) is 5.10 Å². The van der Waals surface area contributed by atoms with Crippen molar-refractivity contribution in [2.45, 2.75) is 45.3 Å². The maximum absolute atomic E-state index is 14.2. The molecule has 2 heterocycles. The molecule has 5 rings (SSSR count). The lowest BCUT2D eigenvalue weighted by Gasteiger charge is -2.35. The molecule has 0 saturated heterocycles. The average molecular weight is 534 g/mol. The van der Waals surface area contributed by atoms with Crippen LogP contribution < -0.4 is 19.7 Å². The van der Waals surface area contributed by atoms with Gasteiger partial charge in [-0.25, -0.2) is 4.68 Å². The number of carbonyl (C=O) groups is 2. The van der Waals surface area contributed by atoms with Gasteiger partial charge in [-0.3, -0.25) is 14.5 Å². The fourth-order valence-electron chi connectivity index (χ4n) is 4.30. The number of rotatable bonds is 8. The molecule has 0 fully saturated rings. The topological polar surface area (TPSA) is 98.6 Å². The van der Waals surface area contributed by atoms with E-state index in [4.69, 9.17) is 21.1 Å². The summed E-state index contributed by atoms with van der Waals surface area (Å²) < 4.78 is 12.6. The predicted octanol–water partition coefficient (Wildman–Crippen LogP) is 4.89. The average Bonchev–Trinajstić information content (AvgIpc) is 3.54. The van der Waals surface area contributed by atoms with Crippen LogP contribution in [0.2, 0.25) is 5.02 Å². The zero-order valence-corrected chi connectivity index (χ0v) is 22.1. The van der Waals surface area contributed by atoms with E-state index in [1.807, 2.05) is 45.0 Å². The Bertz CT molecular complexity index is 1500. The highest BCUT2D eigenvalue weighted by atomic mass is 35.5. The number of aromatic nitrogens is 3. The first-order valence-corrected chi connectivity index (χ1v) is 12.7. The molecule has 0 spiro atoms. The van der Waals surface area contributed by atoms with E-state index in [2.05, 4.69) is 15.6 Å². The van der Waals surface area contributed by atoms with Gasteiger partial charge in [0.1, 0.15) is 18.1 Å². The van der Waals surface area contributed by atoms with Crippen molar-refractivity contribution in [3.63, 3.8) is 0 Å². The minimum Gasteiger partial charge on any atom is -0.454 e. The van der Waals surface area contributed by atoms with Crippen molar-refractivity contribution in [2.24, 2.45) is 0 Å². The summed E-state index contributed by atoms with van der Waals surface area (Å²) in [6.45, 7) is 5.78. The molecule has 0 aliphatic carbocycles. The molecular weight excluding hydrogens is 506 g/mol. The first-order valence-electron chi connectivity index (χ1n) is 12.3. The van der Waals surface area contributed by atoms with Crippen LogP contribution in [0, 0.1) is 0 Å². The van der Waals surface area contributed by atoms with Crippen LogP contribution >= 0.6 is 11.6 Å². The van der Waals surface area contributed by atoms with Gasteiger partial charge in [0.15, 0.2) is 11.5 Å². The first-order chi connectivity index (χ1) is 18.3. The Morgan fingerprint density at radius 1 is 1.08 bits per heavy atom. The quantitative estimate of drug-likeness (QED) is 0.346. The summed E-state index contributed by atoms with van der Waals surface area (Å²) >= 11 is 6.63. The lowest BCUT2D eigenvalue weighted by atomic mass is 9.98. The number of hydrogen-bond donors (Lipinski definition) is 1. The summed E-state index contributed by atoms with van der Waals surface area (Å²) in [5, 5.41) is 11.8. The Kier molecular flexibility index (Phi) is 6.94. The van der Waals surface area contributed by atoms with Gasteiger partial charge in [0.05, 0.1) is 5.52 Å². The van der Waals surface area contributed by atoms with Crippen molar-refractivity contribution in [3.05, 3.63) is 77.3 Å². The highest BCUT2D eigenvalue weighted by molar-refractivity contribution is 6.31. The molecule has 0 bridgehead atoms. The van der Waals surface area contributed by atoms with Crippen molar-refractivity contribution in [3.8, 4) is 11.5 Å². The van der Waals surface area contributed by atoms with E-state index in [0.29, 0.717) is 45.2 Å². The summed E-state index contributed by atoms with van der Waals surface area (Å²) in [4.78, 5) is 29.6. The van der Waals surface area contributed by atoms with Crippen molar-refractivity contribution in [2.75, 3.05) is 11.7 Å². The number of para-hydroxylation sites is 1. The smallest absolute Gasteiger partial charge is 0.249 e. The van der Waals surface area contributed by atoms with Crippen LogP contribution in [-0.2, 0) is 16.1 Å². The molecule has 38 heavy (non-hydrogen) atoms. The molecule has 9 nitrogen and oxygen atoms in total. The molecule has 0 radical (unpaired) electrons. The predicted molar refractivity (Wildman–Crippen MR) is 144 cm³/mol. The minimum atomic E-state index is -1.07. The van der Waals surface area contributed by atoms with Gasteiger partial charge in [-0.2, -0.15) is 0 Å². The Morgan fingerprint density at radius 3 is 2.61 bits per heavy atom. The van der Waals surface area contributed by atoms with E-state index in [1.165, 1.54) is 9.58 Å². The summed E-state index contributed by atoms with van der Waals surface area (Å²) in [5.74, 6) is 0.307. The van der Waals surface area contributed by atoms with E-state index in [9.17, 15) is 9.59 Å². The van der Waals surface area contributed by atoms with Crippen molar-refractivity contribution < 1.29 is 19.1 Å². The highest BCUT2D eigenvalue weighted by Crippen LogP contribution is 2.39. The molecule has 1 N–H and O–H groups in total. The number of amides is 2. The van der Waals surface area contributed by atoms with E-state index in [-0.39, 0.29) is 25.2 Å². The summed E-state index contributed by atoms with van der Waals surface area (Å²) in [6, 6.07) is 18.5. The lowest BCUT2D eigenvalue weighted by Crippen LogP contribution is -2.51. The fraction of sp³-hybridized carbons (Fsp3) is 0.286. The zero-order chi connectivity index (χ0) is 26.9. The summed E-state index contributed by atoms with van der Waals surface area (Å²) in [7, 11) is 0. The van der Waals surface area contributed by atoms with Crippen LogP contribution in [0.3, 0.4) is 0 Å². The van der Waals surface area contributed by atoms with Gasteiger partial charge in [0.2, 0.25) is 18.6 Å². The normalized spacial score (nSPS) is 13.4. The van der Waals surface area contributed by atoms with Crippen molar-refractivity contribution in [1.82, 2.24) is 20.3 Å². The molecule has 196 valence electrons. The first kappa shape index (κ1) is 25.5.